The third kappa shape index (κ3) is 2.05. The molecule has 3 rings (SSSR count). The SMILES string of the molecule is CCC1N=C(N2CCNCC2)c2cscc2N1. The lowest BCUT2D eigenvalue weighted by molar-refractivity contribution is 0.355. The predicted octanol–water partition coefficient (Wildman–Crippen LogP) is 1.56. The molecule has 1 atom stereocenters. The normalized spacial score (nSPS) is 23.9. The first-order valence-corrected chi connectivity index (χ1v) is 7.19. The molecule has 0 bridgehead atoms. The summed E-state index contributed by atoms with van der Waals surface area (Å²) in [5.74, 6) is 1.19. The van der Waals surface area contributed by atoms with Gasteiger partial charge in [0.15, 0.2) is 0 Å². The predicted molar refractivity (Wildman–Crippen MR) is 73.0 cm³/mol. The summed E-state index contributed by atoms with van der Waals surface area (Å²) in [4.78, 5) is 7.26. The summed E-state index contributed by atoms with van der Waals surface area (Å²) in [6.07, 6.45) is 1.27. The van der Waals surface area contributed by atoms with Gasteiger partial charge in [-0.05, 0) is 6.42 Å². The molecular weight excluding hydrogens is 232 g/mol. The molecule has 0 aliphatic carbocycles. The first-order valence-electron chi connectivity index (χ1n) is 6.25. The molecule has 1 unspecified atom stereocenters. The Bertz CT molecular complexity index is 420. The maximum Gasteiger partial charge on any atom is 0.136 e. The van der Waals surface area contributed by atoms with E-state index in [-0.39, 0.29) is 6.17 Å². The minimum atomic E-state index is 0.238. The molecule has 17 heavy (non-hydrogen) atoms. The number of piperazine rings is 1. The van der Waals surface area contributed by atoms with Crippen molar-refractivity contribution < 1.29 is 0 Å². The van der Waals surface area contributed by atoms with Crippen LogP contribution < -0.4 is 10.6 Å². The van der Waals surface area contributed by atoms with Crippen molar-refractivity contribution in [1.82, 2.24) is 10.2 Å². The van der Waals surface area contributed by atoms with Crippen LogP contribution in [0.25, 0.3) is 0 Å². The lowest BCUT2D eigenvalue weighted by Crippen LogP contribution is -2.48. The van der Waals surface area contributed by atoms with Crippen molar-refractivity contribution in [3.63, 3.8) is 0 Å². The topological polar surface area (TPSA) is 39.7 Å². The van der Waals surface area contributed by atoms with E-state index in [0.717, 1.165) is 32.6 Å². The highest BCUT2D eigenvalue weighted by Crippen LogP contribution is 2.28. The van der Waals surface area contributed by atoms with Crippen LogP contribution in [0.5, 0.6) is 0 Å². The Kier molecular flexibility index (Phi) is 3.03. The monoisotopic (exact) mass is 250 g/mol. The highest BCUT2D eigenvalue weighted by atomic mass is 32.1. The Balaban J connectivity index is 1.91. The van der Waals surface area contributed by atoms with E-state index < -0.39 is 0 Å². The second-order valence-corrected chi connectivity index (χ2v) is 5.20. The Labute approximate surface area is 106 Å². The van der Waals surface area contributed by atoms with Crippen LogP contribution in [0.2, 0.25) is 0 Å². The van der Waals surface area contributed by atoms with Crippen LogP contribution >= 0.6 is 11.3 Å². The van der Waals surface area contributed by atoms with Gasteiger partial charge in [0.25, 0.3) is 0 Å². The summed E-state index contributed by atoms with van der Waals surface area (Å²) in [6.45, 7) is 6.41. The van der Waals surface area contributed by atoms with Gasteiger partial charge < -0.3 is 15.5 Å². The fourth-order valence-corrected chi connectivity index (χ4v) is 3.10. The van der Waals surface area contributed by atoms with Crippen molar-refractivity contribution >= 4 is 22.9 Å². The van der Waals surface area contributed by atoms with Crippen LogP contribution in [0, 0.1) is 0 Å². The minimum absolute atomic E-state index is 0.238. The molecule has 1 aromatic rings. The molecule has 1 aromatic heterocycles. The zero-order chi connectivity index (χ0) is 11.7. The smallest absolute Gasteiger partial charge is 0.136 e. The number of anilines is 1. The van der Waals surface area contributed by atoms with Gasteiger partial charge >= 0.3 is 0 Å². The van der Waals surface area contributed by atoms with E-state index in [1.807, 2.05) is 0 Å². The number of hydrogen-bond donors (Lipinski definition) is 2. The lowest BCUT2D eigenvalue weighted by atomic mass is 10.1. The molecule has 0 amide bonds. The Hall–Kier alpha value is -1.07. The molecule has 2 aliphatic heterocycles. The van der Waals surface area contributed by atoms with Gasteiger partial charge in [-0.3, -0.25) is 0 Å². The van der Waals surface area contributed by atoms with Crippen molar-refractivity contribution in [1.29, 1.82) is 0 Å². The summed E-state index contributed by atoms with van der Waals surface area (Å²) in [6, 6.07) is 0. The molecule has 1 saturated heterocycles. The van der Waals surface area contributed by atoms with E-state index >= 15 is 0 Å². The highest BCUT2D eigenvalue weighted by Gasteiger charge is 2.24. The first kappa shape index (κ1) is 11.0. The molecule has 5 heteroatoms. The average molecular weight is 250 g/mol. The molecule has 3 heterocycles. The molecule has 2 aliphatic rings. The Morgan fingerprint density at radius 3 is 3.00 bits per heavy atom. The van der Waals surface area contributed by atoms with E-state index in [1.54, 1.807) is 11.3 Å². The number of hydrogen-bond acceptors (Lipinski definition) is 5. The summed E-state index contributed by atoms with van der Waals surface area (Å²) in [7, 11) is 0. The molecule has 92 valence electrons. The van der Waals surface area contributed by atoms with E-state index in [9.17, 15) is 0 Å². The van der Waals surface area contributed by atoms with Crippen molar-refractivity contribution in [2.45, 2.75) is 19.5 Å². The molecule has 0 radical (unpaired) electrons. The van der Waals surface area contributed by atoms with Crippen LogP contribution in [-0.2, 0) is 0 Å². The van der Waals surface area contributed by atoms with Gasteiger partial charge in [0.2, 0.25) is 0 Å². The number of amidine groups is 1. The number of nitrogens with zero attached hydrogens (tertiary/aromatic N) is 2. The number of aliphatic imine (C=N–C) groups is 1. The number of rotatable bonds is 1. The molecule has 1 fully saturated rings. The Morgan fingerprint density at radius 2 is 2.24 bits per heavy atom. The number of fused-ring (bicyclic) bond motifs is 1. The van der Waals surface area contributed by atoms with Gasteiger partial charge in [0.05, 0.1) is 11.3 Å². The summed E-state index contributed by atoms with van der Waals surface area (Å²) in [5, 5.41) is 11.3. The van der Waals surface area contributed by atoms with Crippen molar-refractivity contribution in [3.05, 3.63) is 16.3 Å². The molecule has 2 N–H and O–H groups in total. The summed E-state index contributed by atoms with van der Waals surface area (Å²) in [5.41, 5.74) is 2.53. The summed E-state index contributed by atoms with van der Waals surface area (Å²) < 4.78 is 0. The van der Waals surface area contributed by atoms with Gasteiger partial charge in [-0.1, -0.05) is 6.92 Å². The zero-order valence-corrected chi connectivity index (χ0v) is 10.9. The highest BCUT2D eigenvalue weighted by molar-refractivity contribution is 7.08. The standard InChI is InChI=1S/C12H18N4S/c1-2-11-14-10-8-17-7-9(10)12(15-11)16-5-3-13-4-6-16/h7-8,11,13-14H,2-6H2,1H3. The van der Waals surface area contributed by atoms with Crippen molar-refractivity contribution in [2.24, 2.45) is 4.99 Å². The maximum absolute atomic E-state index is 4.85. The molecule has 0 spiro atoms. The molecular formula is C12H18N4S. The van der Waals surface area contributed by atoms with Crippen molar-refractivity contribution in [2.75, 3.05) is 31.5 Å². The number of thiophene rings is 1. The Morgan fingerprint density at radius 1 is 1.41 bits per heavy atom. The van der Waals surface area contributed by atoms with Crippen LogP contribution in [-0.4, -0.2) is 43.1 Å². The van der Waals surface area contributed by atoms with Gasteiger partial charge in [0.1, 0.15) is 12.0 Å². The fraction of sp³-hybridized carbons (Fsp3) is 0.583. The largest absolute Gasteiger partial charge is 0.362 e. The van der Waals surface area contributed by atoms with Gasteiger partial charge in [-0.25, -0.2) is 4.99 Å². The second-order valence-electron chi connectivity index (χ2n) is 4.46. The first-order chi connectivity index (χ1) is 8.38. The summed E-state index contributed by atoms with van der Waals surface area (Å²) >= 11 is 1.75. The van der Waals surface area contributed by atoms with E-state index in [0.29, 0.717) is 0 Å². The van der Waals surface area contributed by atoms with Crippen molar-refractivity contribution in [3.8, 4) is 0 Å². The van der Waals surface area contributed by atoms with Gasteiger partial charge in [-0.15, -0.1) is 11.3 Å². The lowest BCUT2D eigenvalue weighted by Gasteiger charge is -2.34. The fourth-order valence-electron chi connectivity index (χ4n) is 2.33. The number of nitrogens with one attached hydrogen (secondary N) is 2. The van der Waals surface area contributed by atoms with Gasteiger partial charge in [0, 0.05) is 36.9 Å². The van der Waals surface area contributed by atoms with E-state index in [4.69, 9.17) is 4.99 Å². The van der Waals surface area contributed by atoms with Crippen LogP contribution in [0.15, 0.2) is 15.8 Å². The molecule has 0 saturated carbocycles. The zero-order valence-electron chi connectivity index (χ0n) is 10.1. The third-order valence-corrected chi connectivity index (χ3v) is 4.05. The van der Waals surface area contributed by atoms with Crippen LogP contribution in [0.4, 0.5) is 5.69 Å². The van der Waals surface area contributed by atoms with Crippen LogP contribution in [0.3, 0.4) is 0 Å². The second kappa shape index (κ2) is 4.66. The van der Waals surface area contributed by atoms with Crippen LogP contribution in [0.1, 0.15) is 18.9 Å². The maximum atomic E-state index is 4.85. The molecule has 4 nitrogen and oxygen atoms in total. The average Bonchev–Trinajstić information content (AvgIpc) is 2.86. The molecule has 0 aromatic carbocycles. The van der Waals surface area contributed by atoms with E-state index in [1.165, 1.54) is 17.1 Å². The van der Waals surface area contributed by atoms with Gasteiger partial charge in [-0.2, -0.15) is 0 Å². The van der Waals surface area contributed by atoms with E-state index in [2.05, 4.69) is 33.2 Å². The quantitative estimate of drug-likeness (QED) is 0.794. The minimum Gasteiger partial charge on any atom is -0.362 e. The third-order valence-electron chi connectivity index (χ3n) is 3.31.